The number of hydrogen-bond acceptors (Lipinski definition) is 8. The van der Waals surface area contributed by atoms with Gasteiger partial charge in [0.15, 0.2) is 34.5 Å². The monoisotopic (exact) mass is 676 g/mol. The Kier molecular flexibility index (Phi) is 8.74. The molecule has 8 rings (SSSR count). The van der Waals surface area contributed by atoms with Gasteiger partial charge in [-0.3, -0.25) is 9.80 Å². The molecule has 4 aliphatic heterocycles. The zero-order valence-electron chi connectivity index (χ0n) is 28.1. The van der Waals surface area contributed by atoms with E-state index in [1.807, 2.05) is 25.2 Å². The number of fused-ring (bicyclic) bond motifs is 2. The zero-order chi connectivity index (χ0) is 34.4. The molecule has 0 aromatic heterocycles. The topological polar surface area (TPSA) is 61.9 Å². The van der Waals surface area contributed by atoms with E-state index in [0.717, 1.165) is 53.7 Å². The third-order valence-corrected chi connectivity index (χ3v) is 9.85. The van der Waals surface area contributed by atoms with Crippen molar-refractivity contribution in [2.24, 2.45) is 0 Å². The molecule has 4 aromatic carbocycles. The van der Waals surface area contributed by atoms with E-state index in [1.165, 1.54) is 11.6 Å². The quantitative estimate of drug-likeness (QED) is 0.215. The second-order valence-electron chi connectivity index (χ2n) is 12.8. The number of rotatable bonds is 4. The molecule has 0 saturated carbocycles. The lowest BCUT2D eigenvalue weighted by molar-refractivity contribution is -0.275. The van der Waals surface area contributed by atoms with Crippen molar-refractivity contribution < 1.29 is 41.6 Å². The van der Waals surface area contributed by atoms with Crippen LogP contribution in [0.25, 0.3) is 0 Å². The summed E-state index contributed by atoms with van der Waals surface area (Å²) in [5, 5.41) is 0. The smallest absolute Gasteiger partial charge is 0.493 e. The van der Waals surface area contributed by atoms with Gasteiger partial charge in [0.1, 0.15) is 5.75 Å². The van der Waals surface area contributed by atoms with E-state index in [4.69, 9.17) is 23.7 Å². The summed E-state index contributed by atoms with van der Waals surface area (Å²) >= 11 is 0. The normalized spacial score (nSPS) is 19.1. The summed E-state index contributed by atoms with van der Waals surface area (Å²) in [6.45, 7) is 1.61. The molecule has 0 saturated heterocycles. The largest absolute Gasteiger partial charge is 0.573 e. The second-order valence-corrected chi connectivity index (χ2v) is 12.8. The number of halogens is 3. The van der Waals surface area contributed by atoms with Crippen LogP contribution in [0.2, 0.25) is 0 Å². The van der Waals surface area contributed by atoms with Crippen molar-refractivity contribution in [1.29, 1.82) is 0 Å². The molecule has 0 N–H and O–H groups in total. The molecule has 4 aromatic rings. The minimum atomic E-state index is -4.89. The predicted molar refractivity (Wildman–Crippen MR) is 178 cm³/mol. The molecule has 0 radical (unpaired) electrons. The molecule has 4 heterocycles. The lowest BCUT2D eigenvalue weighted by Gasteiger charge is -2.37. The summed E-state index contributed by atoms with van der Waals surface area (Å²) in [6, 6.07) is 18.0. The highest BCUT2D eigenvalue weighted by Crippen LogP contribution is 2.52. The minimum Gasteiger partial charge on any atom is -0.493 e. The van der Waals surface area contributed by atoms with Crippen LogP contribution in [0.15, 0.2) is 60.7 Å². The fourth-order valence-electron chi connectivity index (χ4n) is 7.32. The first-order valence-corrected chi connectivity index (χ1v) is 16.3. The van der Waals surface area contributed by atoms with Crippen LogP contribution in [0.4, 0.5) is 13.2 Å². The maximum absolute atomic E-state index is 13.5. The highest BCUT2D eigenvalue weighted by Gasteiger charge is 2.36. The highest BCUT2D eigenvalue weighted by atomic mass is 19.4. The van der Waals surface area contributed by atoms with Gasteiger partial charge in [-0.2, -0.15) is 0 Å². The Hall–Kier alpha value is -4.61. The van der Waals surface area contributed by atoms with Crippen LogP contribution < -0.4 is 28.4 Å². The van der Waals surface area contributed by atoms with E-state index in [9.17, 15) is 13.2 Å². The number of likely N-dealkylation sites (N-methyl/N-ethyl adjacent to an activating group) is 2. The Morgan fingerprint density at radius 3 is 2.00 bits per heavy atom. The Bertz CT molecular complexity index is 1860. The summed E-state index contributed by atoms with van der Waals surface area (Å²) in [5.41, 5.74) is 6.08. The van der Waals surface area contributed by atoms with Crippen molar-refractivity contribution in [2.75, 3.05) is 48.5 Å². The molecular weight excluding hydrogens is 637 g/mol. The molecule has 258 valence electrons. The van der Waals surface area contributed by atoms with Crippen molar-refractivity contribution in [1.82, 2.24) is 9.80 Å². The van der Waals surface area contributed by atoms with Crippen LogP contribution in [0.5, 0.6) is 46.0 Å². The standard InChI is InChI=1S/C38H39F3N2O6/c1-42-14-12-24-19-31(44-3)33-21-27(24)28(42)16-22-6-9-26(10-7-22)47-32-18-23(8-11-30(32)49-38(39,40)41)17-29-35-25(13-15-43(29)2)20-34(45-4)36(46-5)37(35)48-33/h6-11,18-21,28-29H,12-17H2,1-5H3. The molecule has 0 aliphatic carbocycles. The van der Waals surface area contributed by atoms with Gasteiger partial charge in [-0.1, -0.05) is 18.2 Å². The van der Waals surface area contributed by atoms with Crippen LogP contribution in [0.1, 0.15) is 45.5 Å². The minimum absolute atomic E-state index is 0.0254. The number of nitrogens with zero attached hydrogens (tertiary/aromatic N) is 2. The first-order valence-electron chi connectivity index (χ1n) is 16.3. The first-order chi connectivity index (χ1) is 23.5. The Balaban J connectivity index is 1.45. The summed E-state index contributed by atoms with van der Waals surface area (Å²) in [7, 11) is 8.96. The average Bonchev–Trinajstić information content (AvgIpc) is 3.07. The molecule has 49 heavy (non-hydrogen) atoms. The predicted octanol–water partition coefficient (Wildman–Crippen LogP) is 8.05. The third kappa shape index (κ3) is 6.45. The number of ether oxygens (including phenoxy) is 6. The van der Waals surface area contributed by atoms with Crippen LogP contribution in [0, 0.1) is 0 Å². The van der Waals surface area contributed by atoms with E-state index in [1.54, 1.807) is 45.6 Å². The number of alkyl halides is 3. The number of benzene rings is 4. The van der Waals surface area contributed by atoms with Crippen molar-refractivity contribution in [3.05, 3.63) is 94.0 Å². The van der Waals surface area contributed by atoms with Gasteiger partial charge in [0.05, 0.1) is 21.3 Å². The van der Waals surface area contributed by atoms with Gasteiger partial charge in [0.25, 0.3) is 0 Å². The number of methoxy groups -OCH3 is 3. The molecule has 11 heteroatoms. The van der Waals surface area contributed by atoms with Gasteiger partial charge < -0.3 is 28.4 Å². The molecular formula is C38H39F3N2O6. The lowest BCUT2D eigenvalue weighted by Crippen LogP contribution is -2.34. The van der Waals surface area contributed by atoms with Crippen molar-refractivity contribution in [2.45, 2.75) is 44.1 Å². The molecule has 0 spiro atoms. The molecule has 0 amide bonds. The Labute approximate surface area is 283 Å². The van der Waals surface area contributed by atoms with Gasteiger partial charge in [-0.05, 0) is 110 Å². The fourth-order valence-corrected chi connectivity index (χ4v) is 7.32. The van der Waals surface area contributed by atoms with Gasteiger partial charge in [0.2, 0.25) is 5.75 Å². The maximum atomic E-state index is 13.5. The van der Waals surface area contributed by atoms with Crippen LogP contribution >= 0.6 is 0 Å². The zero-order valence-corrected chi connectivity index (χ0v) is 28.1. The molecule has 2 atom stereocenters. The molecule has 0 fully saturated rings. The Morgan fingerprint density at radius 1 is 0.673 bits per heavy atom. The molecule has 6 bridgehead atoms. The first kappa shape index (κ1) is 32.9. The van der Waals surface area contributed by atoms with E-state index in [2.05, 4.69) is 33.7 Å². The summed E-state index contributed by atoms with van der Waals surface area (Å²) in [5.74, 6) is 2.64. The van der Waals surface area contributed by atoms with Gasteiger partial charge in [0, 0.05) is 30.7 Å². The average molecular weight is 677 g/mol. The van der Waals surface area contributed by atoms with Crippen molar-refractivity contribution in [3.8, 4) is 46.0 Å². The van der Waals surface area contributed by atoms with E-state index >= 15 is 0 Å². The van der Waals surface area contributed by atoms with Gasteiger partial charge >= 0.3 is 6.36 Å². The number of hydrogen-bond donors (Lipinski definition) is 0. The van der Waals surface area contributed by atoms with Crippen molar-refractivity contribution in [3.63, 3.8) is 0 Å². The summed E-state index contributed by atoms with van der Waals surface area (Å²) in [4.78, 5) is 4.54. The van der Waals surface area contributed by atoms with Crippen molar-refractivity contribution >= 4 is 0 Å². The van der Waals surface area contributed by atoms with Crippen LogP contribution in [0.3, 0.4) is 0 Å². The molecule has 8 nitrogen and oxygen atoms in total. The fraction of sp³-hybridized carbons (Fsp3) is 0.368. The highest BCUT2D eigenvalue weighted by molar-refractivity contribution is 5.64. The van der Waals surface area contributed by atoms with Gasteiger partial charge in [-0.15, -0.1) is 13.2 Å². The molecule has 4 aliphatic rings. The van der Waals surface area contributed by atoms with Crippen LogP contribution in [-0.2, 0) is 25.7 Å². The van der Waals surface area contributed by atoms with E-state index < -0.39 is 12.1 Å². The van der Waals surface area contributed by atoms with E-state index in [0.29, 0.717) is 47.3 Å². The SMILES string of the molecule is COc1cc2c3cc1Oc1c(OC)c(OC)cc4c1C(Cc1ccc(OC(F)(F)F)c(c1)Oc1ccc(cc1)CC3N(C)CC2)N(C)CC4. The summed E-state index contributed by atoms with van der Waals surface area (Å²) < 4.78 is 75.6. The summed E-state index contributed by atoms with van der Waals surface area (Å²) in [6.07, 6.45) is -2.17. The Morgan fingerprint density at radius 2 is 1.31 bits per heavy atom. The van der Waals surface area contributed by atoms with E-state index in [-0.39, 0.29) is 17.8 Å². The maximum Gasteiger partial charge on any atom is 0.573 e. The third-order valence-electron chi connectivity index (χ3n) is 9.85. The lowest BCUT2D eigenvalue weighted by atomic mass is 9.87. The second kappa shape index (κ2) is 13.0. The van der Waals surface area contributed by atoms with Gasteiger partial charge in [-0.25, -0.2) is 0 Å². The van der Waals surface area contributed by atoms with Crippen LogP contribution in [-0.4, -0.2) is 64.7 Å². The molecule has 2 unspecified atom stereocenters.